The van der Waals surface area contributed by atoms with E-state index < -0.39 is 4.92 Å². The second-order valence-corrected chi connectivity index (χ2v) is 3.57. The van der Waals surface area contributed by atoms with E-state index in [-0.39, 0.29) is 11.9 Å². The summed E-state index contributed by atoms with van der Waals surface area (Å²) in [4.78, 5) is 14.1. The Morgan fingerprint density at radius 1 is 1.69 bits per heavy atom. The monoisotopic (exact) mass is 228 g/mol. The molecule has 0 radical (unpaired) electrons. The van der Waals surface area contributed by atoms with E-state index in [0.29, 0.717) is 18.2 Å². The van der Waals surface area contributed by atoms with E-state index in [1.54, 1.807) is 25.6 Å². The van der Waals surface area contributed by atoms with Crippen LogP contribution in [0.2, 0.25) is 0 Å². The van der Waals surface area contributed by atoms with Crippen molar-refractivity contribution < 1.29 is 9.66 Å². The fourth-order valence-corrected chi connectivity index (χ4v) is 1.24. The van der Waals surface area contributed by atoms with Crippen molar-refractivity contribution in [3.63, 3.8) is 0 Å². The number of nitrogens with zero attached hydrogens (tertiary/aromatic N) is 3. The van der Waals surface area contributed by atoms with E-state index in [1.165, 1.54) is 0 Å². The number of methoxy groups -OCH3 is 1. The lowest BCUT2D eigenvalue weighted by Gasteiger charge is -2.11. The molecular formula is C9H16N4O3. The van der Waals surface area contributed by atoms with Crippen LogP contribution in [0, 0.1) is 17.0 Å². The quantitative estimate of drug-likeness (QED) is 0.602. The SMILES string of the molecule is COC(C)CNc1c([N+](=O)[O-])nc(C)n1C. The minimum absolute atomic E-state index is 0.0187. The molecule has 7 nitrogen and oxygen atoms in total. The summed E-state index contributed by atoms with van der Waals surface area (Å²) in [5, 5.41) is 13.7. The number of nitro groups is 1. The highest BCUT2D eigenvalue weighted by atomic mass is 16.6. The molecule has 1 heterocycles. The Bertz CT molecular complexity index is 388. The third-order valence-corrected chi connectivity index (χ3v) is 2.43. The van der Waals surface area contributed by atoms with Crippen LogP contribution < -0.4 is 5.32 Å². The van der Waals surface area contributed by atoms with Crippen molar-refractivity contribution in [2.24, 2.45) is 7.05 Å². The van der Waals surface area contributed by atoms with E-state index >= 15 is 0 Å². The number of hydrogen-bond donors (Lipinski definition) is 1. The van der Waals surface area contributed by atoms with E-state index in [9.17, 15) is 10.1 Å². The van der Waals surface area contributed by atoms with Crippen molar-refractivity contribution in [1.82, 2.24) is 9.55 Å². The number of rotatable bonds is 5. The van der Waals surface area contributed by atoms with E-state index in [0.717, 1.165) is 0 Å². The highest BCUT2D eigenvalue weighted by molar-refractivity contribution is 5.53. The van der Waals surface area contributed by atoms with Crippen LogP contribution in [0.5, 0.6) is 0 Å². The van der Waals surface area contributed by atoms with Crippen LogP contribution in [0.4, 0.5) is 11.6 Å². The molecule has 0 saturated heterocycles. The van der Waals surface area contributed by atoms with Gasteiger partial charge in [-0.05, 0) is 16.8 Å². The molecule has 0 amide bonds. The molecule has 0 bridgehead atoms. The van der Waals surface area contributed by atoms with Gasteiger partial charge in [0.05, 0.1) is 6.10 Å². The number of imidazole rings is 1. The predicted octanol–water partition coefficient (Wildman–Crippen LogP) is 1.08. The molecule has 0 fully saturated rings. The van der Waals surface area contributed by atoms with Crippen LogP contribution in [0.3, 0.4) is 0 Å². The third kappa shape index (κ3) is 2.48. The van der Waals surface area contributed by atoms with Gasteiger partial charge in [-0.15, -0.1) is 0 Å². The average molecular weight is 228 g/mol. The Hall–Kier alpha value is -1.63. The summed E-state index contributed by atoms with van der Waals surface area (Å²) in [6, 6.07) is 0. The van der Waals surface area contributed by atoms with Gasteiger partial charge in [-0.25, -0.2) is 0 Å². The van der Waals surface area contributed by atoms with Gasteiger partial charge in [-0.2, -0.15) is 0 Å². The molecule has 0 aliphatic heterocycles. The summed E-state index contributed by atoms with van der Waals surface area (Å²) < 4.78 is 6.71. The molecule has 0 saturated carbocycles. The van der Waals surface area contributed by atoms with Crippen LogP contribution in [-0.2, 0) is 11.8 Å². The van der Waals surface area contributed by atoms with Crippen LogP contribution in [0.1, 0.15) is 12.7 Å². The molecule has 1 rings (SSSR count). The van der Waals surface area contributed by atoms with Crippen molar-refractivity contribution >= 4 is 11.6 Å². The van der Waals surface area contributed by atoms with Crippen LogP contribution in [0.25, 0.3) is 0 Å². The second kappa shape index (κ2) is 4.93. The molecule has 1 atom stereocenters. The smallest absolute Gasteiger partial charge is 0.380 e. The molecular weight excluding hydrogens is 212 g/mol. The Morgan fingerprint density at radius 2 is 2.31 bits per heavy atom. The summed E-state index contributed by atoms with van der Waals surface area (Å²) in [6.07, 6.45) is -0.0187. The summed E-state index contributed by atoms with van der Waals surface area (Å²) in [7, 11) is 3.32. The number of anilines is 1. The average Bonchev–Trinajstić information content (AvgIpc) is 2.53. The van der Waals surface area contributed by atoms with Crippen molar-refractivity contribution in [2.75, 3.05) is 19.0 Å². The zero-order chi connectivity index (χ0) is 12.3. The van der Waals surface area contributed by atoms with Gasteiger partial charge in [-0.1, -0.05) is 0 Å². The second-order valence-electron chi connectivity index (χ2n) is 3.57. The van der Waals surface area contributed by atoms with Gasteiger partial charge in [0.2, 0.25) is 11.6 Å². The number of aromatic nitrogens is 2. The molecule has 1 unspecified atom stereocenters. The zero-order valence-corrected chi connectivity index (χ0v) is 9.85. The maximum atomic E-state index is 10.8. The van der Waals surface area contributed by atoms with Gasteiger partial charge in [0.25, 0.3) is 0 Å². The first kappa shape index (κ1) is 12.4. The fourth-order valence-electron chi connectivity index (χ4n) is 1.24. The lowest BCUT2D eigenvalue weighted by molar-refractivity contribution is -0.388. The summed E-state index contributed by atoms with van der Waals surface area (Å²) in [6.45, 7) is 4.09. The summed E-state index contributed by atoms with van der Waals surface area (Å²) >= 11 is 0. The van der Waals surface area contributed by atoms with Gasteiger partial charge in [-0.3, -0.25) is 4.57 Å². The molecule has 0 aliphatic carbocycles. The molecule has 7 heteroatoms. The topological polar surface area (TPSA) is 82.2 Å². The Balaban J connectivity index is 2.89. The highest BCUT2D eigenvalue weighted by Gasteiger charge is 2.23. The predicted molar refractivity (Wildman–Crippen MR) is 59.6 cm³/mol. The fraction of sp³-hybridized carbons (Fsp3) is 0.667. The molecule has 90 valence electrons. The molecule has 16 heavy (non-hydrogen) atoms. The van der Waals surface area contributed by atoms with Crippen LogP contribution in [0.15, 0.2) is 0 Å². The number of nitrogens with one attached hydrogen (secondary N) is 1. The van der Waals surface area contributed by atoms with E-state index in [1.807, 2.05) is 6.92 Å². The lowest BCUT2D eigenvalue weighted by Crippen LogP contribution is -2.19. The first-order chi connectivity index (χ1) is 7.47. The zero-order valence-electron chi connectivity index (χ0n) is 9.85. The number of aryl methyl sites for hydroxylation is 1. The van der Waals surface area contributed by atoms with Crippen molar-refractivity contribution in [1.29, 1.82) is 0 Å². The van der Waals surface area contributed by atoms with Gasteiger partial charge in [0.1, 0.15) is 0 Å². The van der Waals surface area contributed by atoms with Gasteiger partial charge in [0, 0.05) is 27.6 Å². The normalized spacial score (nSPS) is 12.5. The maximum absolute atomic E-state index is 10.8. The molecule has 0 aromatic carbocycles. The standard InChI is InChI=1S/C9H16N4O3/c1-6(16-4)5-10-8-9(13(14)15)11-7(2)12(8)3/h6,10H,5H2,1-4H3. The maximum Gasteiger partial charge on any atom is 0.406 e. The number of hydrogen-bond acceptors (Lipinski definition) is 5. The van der Waals surface area contributed by atoms with Gasteiger partial charge < -0.3 is 20.2 Å². The van der Waals surface area contributed by atoms with E-state index in [2.05, 4.69) is 10.3 Å². The summed E-state index contributed by atoms with van der Waals surface area (Å²) in [5.74, 6) is 0.856. The van der Waals surface area contributed by atoms with Crippen molar-refractivity contribution in [3.8, 4) is 0 Å². The van der Waals surface area contributed by atoms with Crippen molar-refractivity contribution in [3.05, 3.63) is 15.9 Å². The first-order valence-electron chi connectivity index (χ1n) is 4.91. The van der Waals surface area contributed by atoms with Crippen LogP contribution in [-0.4, -0.2) is 34.2 Å². The van der Waals surface area contributed by atoms with E-state index in [4.69, 9.17) is 4.74 Å². The minimum atomic E-state index is -0.493. The Morgan fingerprint density at radius 3 is 2.81 bits per heavy atom. The molecule has 1 N–H and O–H groups in total. The van der Waals surface area contributed by atoms with Gasteiger partial charge in [0.15, 0.2) is 0 Å². The van der Waals surface area contributed by atoms with Gasteiger partial charge >= 0.3 is 5.82 Å². The third-order valence-electron chi connectivity index (χ3n) is 2.43. The minimum Gasteiger partial charge on any atom is -0.380 e. The molecule has 1 aromatic rings. The largest absolute Gasteiger partial charge is 0.406 e. The molecule has 0 aliphatic rings. The molecule has 1 aromatic heterocycles. The first-order valence-corrected chi connectivity index (χ1v) is 4.91. The lowest BCUT2D eigenvalue weighted by atomic mass is 10.4. The summed E-state index contributed by atoms with van der Waals surface area (Å²) in [5.41, 5.74) is 0. The highest BCUT2D eigenvalue weighted by Crippen LogP contribution is 2.23. The molecule has 0 spiro atoms. The Labute approximate surface area is 93.6 Å². The van der Waals surface area contributed by atoms with Crippen molar-refractivity contribution in [2.45, 2.75) is 20.0 Å². The Kier molecular flexibility index (Phi) is 3.83. The van der Waals surface area contributed by atoms with Crippen LogP contribution >= 0.6 is 0 Å². The number of ether oxygens (including phenoxy) is 1.